The molecule has 1 aliphatic heterocycles. The molecule has 2 aliphatic rings. The SMILES string of the molecule is C1=Cc2c(c(-c3cccc(-c4ccc5c(c4)-c4ccccc4B5c4cccc5ccccc45)c3)c3ccccc3c2-c2ccc3ccccc3c2)CC1.CC. The van der Waals surface area contributed by atoms with Gasteiger partial charge in [0, 0.05) is 0 Å². The first-order valence-corrected chi connectivity index (χ1v) is 19.9. The van der Waals surface area contributed by atoms with E-state index in [-0.39, 0.29) is 6.71 Å². The van der Waals surface area contributed by atoms with Gasteiger partial charge in [-0.1, -0.05) is 200 Å². The van der Waals surface area contributed by atoms with Gasteiger partial charge >= 0.3 is 0 Å². The van der Waals surface area contributed by atoms with Gasteiger partial charge in [-0.15, -0.1) is 0 Å². The van der Waals surface area contributed by atoms with Gasteiger partial charge in [0.25, 0.3) is 0 Å². The third-order valence-electron chi connectivity index (χ3n) is 11.8. The van der Waals surface area contributed by atoms with Crippen molar-refractivity contribution in [3.63, 3.8) is 0 Å². The maximum atomic E-state index is 2.44. The quantitative estimate of drug-likeness (QED) is 0.160. The van der Waals surface area contributed by atoms with E-state index in [1.165, 1.54) is 104 Å². The molecule has 0 fully saturated rings. The van der Waals surface area contributed by atoms with Crippen molar-refractivity contribution >= 4 is 61.5 Å². The fraction of sp³-hybridized carbons (Fsp3) is 0.0741. The minimum absolute atomic E-state index is 0.208. The summed E-state index contributed by atoms with van der Waals surface area (Å²) in [6, 6.07) is 65.7. The molecule has 0 bridgehead atoms. The van der Waals surface area contributed by atoms with E-state index in [9.17, 15) is 0 Å². The highest BCUT2D eigenvalue weighted by atomic mass is 14.3. The normalized spacial score (nSPS) is 12.7. The molecule has 0 radical (unpaired) electrons. The second kappa shape index (κ2) is 13.8. The minimum Gasteiger partial charge on any atom is -0.0836 e. The van der Waals surface area contributed by atoms with Crippen LogP contribution in [0.1, 0.15) is 31.4 Å². The van der Waals surface area contributed by atoms with Crippen LogP contribution in [0.4, 0.5) is 0 Å². The predicted molar refractivity (Wildman–Crippen MR) is 241 cm³/mol. The minimum atomic E-state index is 0.208. The number of benzene rings is 9. The average molecular weight is 701 g/mol. The van der Waals surface area contributed by atoms with Gasteiger partial charge in [0.15, 0.2) is 0 Å². The van der Waals surface area contributed by atoms with Gasteiger partial charge in [-0.25, -0.2) is 0 Å². The zero-order chi connectivity index (χ0) is 36.9. The lowest BCUT2D eigenvalue weighted by atomic mass is 9.38. The molecule has 0 unspecified atom stereocenters. The number of rotatable bonds is 4. The zero-order valence-corrected chi connectivity index (χ0v) is 31.4. The molecule has 1 heteroatoms. The van der Waals surface area contributed by atoms with E-state index in [2.05, 4.69) is 188 Å². The van der Waals surface area contributed by atoms with E-state index in [4.69, 9.17) is 0 Å². The van der Waals surface area contributed by atoms with Crippen LogP contribution >= 0.6 is 0 Å². The summed E-state index contributed by atoms with van der Waals surface area (Å²) in [6.07, 6.45) is 6.82. The molecule has 9 aromatic rings. The van der Waals surface area contributed by atoms with Crippen molar-refractivity contribution in [3.05, 3.63) is 193 Å². The zero-order valence-electron chi connectivity index (χ0n) is 31.4. The van der Waals surface area contributed by atoms with Gasteiger partial charge in [0.2, 0.25) is 6.71 Å². The van der Waals surface area contributed by atoms with Crippen LogP contribution in [0.2, 0.25) is 0 Å². The Balaban J connectivity index is 0.00000183. The van der Waals surface area contributed by atoms with Crippen LogP contribution in [0, 0.1) is 0 Å². The van der Waals surface area contributed by atoms with Crippen LogP contribution in [0.3, 0.4) is 0 Å². The fourth-order valence-electron chi connectivity index (χ4n) is 9.44. The topological polar surface area (TPSA) is 0 Å². The third-order valence-corrected chi connectivity index (χ3v) is 11.8. The molecule has 0 saturated carbocycles. The summed E-state index contributed by atoms with van der Waals surface area (Å²) >= 11 is 0. The highest BCUT2D eigenvalue weighted by Crippen LogP contribution is 2.45. The van der Waals surface area contributed by atoms with Crippen molar-refractivity contribution in [2.24, 2.45) is 0 Å². The third kappa shape index (κ3) is 5.45. The number of allylic oxidation sites excluding steroid dienone is 1. The molecule has 0 amide bonds. The lowest BCUT2D eigenvalue weighted by Crippen LogP contribution is -2.49. The molecule has 1 heterocycles. The molecule has 260 valence electrons. The second-order valence-corrected chi connectivity index (χ2v) is 14.7. The molecule has 0 N–H and O–H groups in total. The Labute approximate surface area is 324 Å². The molecular weight excluding hydrogens is 659 g/mol. The lowest BCUT2D eigenvalue weighted by molar-refractivity contribution is 0.991. The van der Waals surface area contributed by atoms with E-state index in [0.29, 0.717) is 0 Å². The Morgan fingerprint density at radius 2 is 1.00 bits per heavy atom. The van der Waals surface area contributed by atoms with E-state index >= 15 is 0 Å². The first kappa shape index (κ1) is 33.2. The summed E-state index contributed by atoms with van der Waals surface area (Å²) in [5.74, 6) is 0. The second-order valence-electron chi connectivity index (χ2n) is 14.7. The Kier molecular flexibility index (Phi) is 8.30. The molecule has 9 aromatic carbocycles. The van der Waals surface area contributed by atoms with Crippen molar-refractivity contribution < 1.29 is 0 Å². The van der Waals surface area contributed by atoms with E-state index in [0.717, 1.165) is 12.8 Å². The molecule has 1 aliphatic carbocycles. The highest BCUT2D eigenvalue weighted by Gasteiger charge is 2.34. The van der Waals surface area contributed by atoms with Crippen LogP contribution in [0.15, 0.2) is 182 Å². The summed E-state index contributed by atoms with van der Waals surface area (Å²) in [5, 5.41) is 7.80. The molecule has 0 nitrogen and oxygen atoms in total. The van der Waals surface area contributed by atoms with Crippen molar-refractivity contribution in [3.8, 4) is 44.5 Å². The fourth-order valence-corrected chi connectivity index (χ4v) is 9.44. The average Bonchev–Trinajstić information content (AvgIpc) is 3.59. The summed E-state index contributed by atoms with van der Waals surface area (Å²) in [7, 11) is 0. The Morgan fingerprint density at radius 1 is 0.400 bits per heavy atom. The van der Waals surface area contributed by atoms with Crippen molar-refractivity contribution in [2.75, 3.05) is 0 Å². The van der Waals surface area contributed by atoms with Gasteiger partial charge in [-0.2, -0.15) is 0 Å². The van der Waals surface area contributed by atoms with E-state index < -0.39 is 0 Å². The molecule has 0 aromatic heterocycles. The Morgan fingerprint density at radius 3 is 1.87 bits per heavy atom. The molecule has 11 rings (SSSR count). The number of hydrogen-bond acceptors (Lipinski definition) is 0. The maximum Gasteiger partial charge on any atom is 0.243 e. The lowest BCUT2D eigenvalue weighted by Gasteiger charge is -2.24. The van der Waals surface area contributed by atoms with Gasteiger partial charge < -0.3 is 0 Å². The van der Waals surface area contributed by atoms with Crippen LogP contribution in [-0.4, -0.2) is 6.71 Å². The highest BCUT2D eigenvalue weighted by molar-refractivity contribution is 7.00. The molecule has 0 atom stereocenters. The van der Waals surface area contributed by atoms with Crippen LogP contribution in [0.25, 0.3) is 82.9 Å². The summed E-state index contributed by atoms with van der Waals surface area (Å²) in [5.41, 5.74) is 17.4. The summed E-state index contributed by atoms with van der Waals surface area (Å²) < 4.78 is 0. The molecule has 55 heavy (non-hydrogen) atoms. The van der Waals surface area contributed by atoms with Crippen LogP contribution < -0.4 is 16.4 Å². The maximum absolute atomic E-state index is 2.44. The summed E-state index contributed by atoms with van der Waals surface area (Å²) in [6.45, 7) is 4.21. The molecule has 0 spiro atoms. The van der Waals surface area contributed by atoms with E-state index in [1.807, 2.05) is 13.8 Å². The van der Waals surface area contributed by atoms with E-state index in [1.54, 1.807) is 0 Å². The standard InChI is InChI=1S/C52H35B.C2H6/c1-2-15-36-31-40(28-27-34(36)13-1)52-45-23-7-5-21-43(45)51(44-22-6-8-24-46(44)52)39-18-11-17-37(32-39)38-29-30-50-47(33-38)42-20-9-10-25-49(42)53(50)48-26-12-16-35-14-3-4-19-41(35)48;1-2/h1-5,7-21,23-33H,6,22H2;1-2H3. The number of fused-ring (bicyclic) bond motifs is 7. The molecule has 0 saturated heterocycles. The first-order valence-electron chi connectivity index (χ1n) is 19.9. The first-order chi connectivity index (χ1) is 27.3. The Bertz CT molecular complexity index is 2960. The monoisotopic (exact) mass is 700 g/mol. The van der Waals surface area contributed by atoms with Crippen molar-refractivity contribution in [2.45, 2.75) is 26.7 Å². The summed E-state index contributed by atoms with van der Waals surface area (Å²) in [4.78, 5) is 0. The van der Waals surface area contributed by atoms with Gasteiger partial charge in [0.1, 0.15) is 0 Å². The van der Waals surface area contributed by atoms with Gasteiger partial charge in [-0.3, -0.25) is 0 Å². The van der Waals surface area contributed by atoms with Crippen molar-refractivity contribution in [1.82, 2.24) is 0 Å². The Hall–Kier alpha value is -6.44. The largest absolute Gasteiger partial charge is 0.243 e. The number of hydrogen-bond donors (Lipinski definition) is 0. The smallest absolute Gasteiger partial charge is 0.0836 e. The van der Waals surface area contributed by atoms with Crippen molar-refractivity contribution in [1.29, 1.82) is 0 Å². The predicted octanol–water partition coefficient (Wildman–Crippen LogP) is 12.6. The van der Waals surface area contributed by atoms with Gasteiger partial charge in [-0.05, 0) is 119 Å². The van der Waals surface area contributed by atoms with Crippen LogP contribution in [-0.2, 0) is 6.42 Å². The molecular formula is C54H41B. The van der Waals surface area contributed by atoms with Crippen LogP contribution in [0.5, 0.6) is 0 Å². The van der Waals surface area contributed by atoms with Gasteiger partial charge in [0.05, 0.1) is 0 Å².